The molecule has 3 heteroatoms. The molecule has 2 unspecified atom stereocenters. The summed E-state index contributed by atoms with van der Waals surface area (Å²) in [5.74, 6) is -0.267. The third-order valence-electron chi connectivity index (χ3n) is 3.68. The topological polar surface area (TPSA) is 26.0 Å². The first-order valence-corrected chi connectivity index (χ1v) is 5.63. The second-order valence-corrected chi connectivity index (χ2v) is 5.08. The van der Waals surface area contributed by atoms with Crippen LogP contribution in [0.15, 0.2) is 24.3 Å². The first kappa shape index (κ1) is 11.5. The third kappa shape index (κ3) is 1.96. The molecule has 0 radical (unpaired) electrons. The summed E-state index contributed by atoms with van der Waals surface area (Å²) in [4.78, 5) is 0. The SMILES string of the molecule is CC1(F)CCC(CN)(c2ccc(F)cc2)C1. The van der Waals surface area contributed by atoms with Crippen LogP contribution in [0.2, 0.25) is 0 Å². The molecule has 1 saturated carbocycles. The lowest BCUT2D eigenvalue weighted by molar-refractivity contribution is 0.187. The van der Waals surface area contributed by atoms with Gasteiger partial charge in [0.15, 0.2) is 0 Å². The second-order valence-electron chi connectivity index (χ2n) is 5.08. The number of hydrogen-bond acceptors (Lipinski definition) is 1. The monoisotopic (exact) mass is 225 g/mol. The Bertz CT molecular complexity index is 372. The van der Waals surface area contributed by atoms with Gasteiger partial charge in [-0.15, -0.1) is 0 Å². The van der Waals surface area contributed by atoms with Crippen molar-refractivity contribution in [3.05, 3.63) is 35.6 Å². The highest BCUT2D eigenvalue weighted by atomic mass is 19.1. The summed E-state index contributed by atoms with van der Waals surface area (Å²) in [5.41, 5.74) is 5.30. The Balaban J connectivity index is 2.33. The van der Waals surface area contributed by atoms with E-state index >= 15 is 0 Å². The number of nitrogens with two attached hydrogens (primary N) is 1. The Kier molecular flexibility index (Phi) is 2.74. The van der Waals surface area contributed by atoms with Gasteiger partial charge in [0.05, 0.1) is 0 Å². The van der Waals surface area contributed by atoms with Crippen molar-refractivity contribution < 1.29 is 8.78 Å². The summed E-state index contributed by atoms with van der Waals surface area (Å²) in [6.45, 7) is 2.03. The molecule has 0 spiro atoms. The Labute approximate surface area is 94.7 Å². The van der Waals surface area contributed by atoms with Gasteiger partial charge in [0, 0.05) is 12.0 Å². The van der Waals surface area contributed by atoms with Gasteiger partial charge in [0.1, 0.15) is 11.5 Å². The van der Waals surface area contributed by atoms with E-state index in [1.54, 1.807) is 19.1 Å². The van der Waals surface area contributed by atoms with Gasteiger partial charge in [-0.1, -0.05) is 12.1 Å². The molecule has 1 aliphatic carbocycles. The maximum absolute atomic E-state index is 13.9. The van der Waals surface area contributed by atoms with Crippen LogP contribution in [0.25, 0.3) is 0 Å². The van der Waals surface area contributed by atoms with Crippen LogP contribution in [0.1, 0.15) is 31.7 Å². The maximum atomic E-state index is 13.9. The average molecular weight is 225 g/mol. The maximum Gasteiger partial charge on any atom is 0.123 e. The van der Waals surface area contributed by atoms with Crippen LogP contribution in [-0.4, -0.2) is 12.2 Å². The van der Waals surface area contributed by atoms with Gasteiger partial charge in [0.25, 0.3) is 0 Å². The fraction of sp³-hybridized carbons (Fsp3) is 0.538. The van der Waals surface area contributed by atoms with E-state index in [0.717, 1.165) is 12.0 Å². The first-order valence-electron chi connectivity index (χ1n) is 5.63. The van der Waals surface area contributed by atoms with Crippen molar-refractivity contribution in [3.63, 3.8) is 0 Å². The minimum atomic E-state index is -1.15. The van der Waals surface area contributed by atoms with Crippen molar-refractivity contribution in [1.29, 1.82) is 0 Å². The van der Waals surface area contributed by atoms with Crippen molar-refractivity contribution in [2.75, 3.05) is 6.54 Å². The molecular weight excluding hydrogens is 208 g/mol. The van der Waals surface area contributed by atoms with Crippen LogP contribution in [0.3, 0.4) is 0 Å². The van der Waals surface area contributed by atoms with E-state index < -0.39 is 5.67 Å². The van der Waals surface area contributed by atoms with Crippen LogP contribution < -0.4 is 5.73 Å². The van der Waals surface area contributed by atoms with Crippen LogP contribution in [0.4, 0.5) is 8.78 Å². The Morgan fingerprint density at radius 2 is 1.88 bits per heavy atom. The van der Waals surface area contributed by atoms with E-state index in [2.05, 4.69) is 0 Å². The summed E-state index contributed by atoms with van der Waals surface area (Å²) >= 11 is 0. The summed E-state index contributed by atoms with van der Waals surface area (Å²) in [5, 5.41) is 0. The fourth-order valence-corrected chi connectivity index (χ4v) is 2.72. The molecule has 1 nitrogen and oxygen atoms in total. The van der Waals surface area contributed by atoms with Gasteiger partial charge in [-0.2, -0.15) is 0 Å². The number of rotatable bonds is 2. The summed E-state index contributed by atoms with van der Waals surface area (Å²) in [7, 11) is 0. The van der Waals surface area contributed by atoms with E-state index in [0.29, 0.717) is 19.4 Å². The van der Waals surface area contributed by atoms with Crippen molar-refractivity contribution in [2.24, 2.45) is 5.73 Å². The molecule has 16 heavy (non-hydrogen) atoms. The van der Waals surface area contributed by atoms with Crippen molar-refractivity contribution in [2.45, 2.75) is 37.3 Å². The van der Waals surface area contributed by atoms with Crippen LogP contribution >= 0.6 is 0 Å². The van der Waals surface area contributed by atoms with Gasteiger partial charge in [0.2, 0.25) is 0 Å². The highest BCUT2D eigenvalue weighted by Gasteiger charge is 2.46. The zero-order valence-corrected chi connectivity index (χ0v) is 9.47. The zero-order valence-electron chi connectivity index (χ0n) is 9.47. The van der Waals surface area contributed by atoms with Crippen LogP contribution in [-0.2, 0) is 5.41 Å². The molecule has 0 heterocycles. The van der Waals surface area contributed by atoms with Gasteiger partial charge in [-0.25, -0.2) is 8.78 Å². The summed E-state index contributed by atoms with van der Waals surface area (Å²) in [6.07, 6.45) is 1.70. The molecule has 0 aliphatic heterocycles. The van der Waals surface area contributed by atoms with Gasteiger partial charge < -0.3 is 5.73 Å². The molecule has 2 rings (SSSR count). The Morgan fingerprint density at radius 3 is 2.31 bits per heavy atom. The lowest BCUT2D eigenvalue weighted by atomic mass is 9.78. The molecule has 1 fully saturated rings. The predicted molar refractivity (Wildman–Crippen MR) is 60.5 cm³/mol. The predicted octanol–water partition coefficient (Wildman–Crippen LogP) is 2.93. The molecule has 0 amide bonds. The number of benzene rings is 1. The molecule has 0 bridgehead atoms. The molecule has 1 aliphatic rings. The summed E-state index contributed by atoms with van der Waals surface area (Å²) < 4.78 is 26.8. The van der Waals surface area contributed by atoms with Gasteiger partial charge in [-0.05, 0) is 43.9 Å². The van der Waals surface area contributed by atoms with Crippen molar-refractivity contribution in [3.8, 4) is 0 Å². The lowest BCUT2D eigenvalue weighted by Gasteiger charge is -2.29. The minimum Gasteiger partial charge on any atom is -0.330 e. The standard InChI is InChI=1S/C13H17F2N/c1-12(15)6-7-13(8-12,9-16)10-2-4-11(14)5-3-10/h2-5H,6-9,16H2,1H3. The van der Waals surface area contributed by atoms with Crippen LogP contribution in [0.5, 0.6) is 0 Å². The highest BCUT2D eigenvalue weighted by molar-refractivity contribution is 5.29. The quantitative estimate of drug-likeness (QED) is 0.822. The normalized spacial score (nSPS) is 34.2. The first-order chi connectivity index (χ1) is 7.47. The Hall–Kier alpha value is -0.960. The zero-order chi connectivity index (χ0) is 11.8. The number of halogens is 2. The second kappa shape index (κ2) is 3.81. The lowest BCUT2D eigenvalue weighted by Crippen LogP contribution is -2.34. The smallest absolute Gasteiger partial charge is 0.123 e. The largest absolute Gasteiger partial charge is 0.330 e. The molecule has 2 N–H and O–H groups in total. The molecule has 1 aromatic carbocycles. The average Bonchev–Trinajstić information content (AvgIpc) is 2.57. The van der Waals surface area contributed by atoms with E-state index in [1.165, 1.54) is 12.1 Å². The molecule has 2 atom stereocenters. The van der Waals surface area contributed by atoms with E-state index in [-0.39, 0.29) is 11.2 Å². The summed E-state index contributed by atoms with van der Waals surface area (Å²) in [6, 6.07) is 6.29. The van der Waals surface area contributed by atoms with Gasteiger partial charge >= 0.3 is 0 Å². The molecular formula is C13H17F2N. The Morgan fingerprint density at radius 1 is 1.25 bits per heavy atom. The molecule has 0 saturated heterocycles. The third-order valence-corrected chi connectivity index (χ3v) is 3.68. The number of hydrogen-bond donors (Lipinski definition) is 1. The van der Waals surface area contributed by atoms with E-state index in [9.17, 15) is 8.78 Å². The van der Waals surface area contributed by atoms with E-state index in [4.69, 9.17) is 5.73 Å². The van der Waals surface area contributed by atoms with Crippen molar-refractivity contribution in [1.82, 2.24) is 0 Å². The minimum absolute atomic E-state index is 0.267. The molecule has 0 aromatic heterocycles. The number of alkyl halides is 1. The molecule has 88 valence electrons. The molecule has 1 aromatic rings. The van der Waals surface area contributed by atoms with Crippen molar-refractivity contribution >= 4 is 0 Å². The van der Waals surface area contributed by atoms with Gasteiger partial charge in [-0.3, -0.25) is 0 Å². The fourth-order valence-electron chi connectivity index (χ4n) is 2.72. The highest BCUT2D eigenvalue weighted by Crippen LogP contribution is 2.47. The van der Waals surface area contributed by atoms with Crippen LogP contribution in [0, 0.1) is 5.82 Å². The van der Waals surface area contributed by atoms with E-state index in [1.807, 2.05) is 0 Å².